The second-order valence-corrected chi connectivity index (χ2v) is 9.17. The number of benzene rings is 1. The zero-order valence-electron chi connectivity index (χ0n) is 20.9. The van der Waals surface area contributed by atoms with Crippen LogP contribution in [0.25, 0.3) is 0 Å². The number of carbonyl (C=O) groups is 4. The van der Waals surface area contributed by atoms with Gasteiger partial charge in [-0.3, -0.25) is 19.3 Å². The summed E-state index contributed by atoms with van der Waals surface area (Å²) < 4.78 is 5.20. The number of hydrogen-bond donors (Lipinski definition) is 3. The number of primary amides is 1. The first-order chi connectivity index (χ1) is 15.8. The van der Waals surface area contributed by atoms with Crippen LogP contribution in [0.2, 0.25) is 0 Å². The number of rotatable bonds is 10. The molecule has 0 heterocycles. The van der Waals surface area contributed by atoms with Crippen LogP contribution in [0.1, 0.15) is 69.7 Å². The molecule has 9 nitrogen and oxygen atoms in total. The number of carbonyl (C=O) groups excluding carboxylic acids is 4. The van der Waals surface area contributed by atoms with Gasteiger partial charge in [0.15, 0.2) is 0 Å². The standard InChI is InChI=1S/C25H36N4O5/c1-8-10-11-27-22(31)21(18-13-16(3)12-17(4)14-18)29(9-2)23(32)19(15-20(26)30)28-24(33)34-25(5,6)7/h2,12-14,19,21H,8,10-11,15H2,1,3-7H3,(H2,26,30)(H,27,31)(H,28,33). The second-order valence-electron chi connectivity index (χ2n) is 9.17. The maximum atomic E-state index is 13.5. The molecule has 0 aliphatic heterocycles. The molecule has 0 spiro atoms. The number of terminal acetylenes is 1. The topological polar surface area (TPSA) is 131 Å². The predicted molar refractivity (Wildman–Crippen MR) is 129 cm³/mol. The van der Waals surface area contributed by atoms with Crippen molar-refractivity contribution in [2.24, 2.45) is 5.73 Å². The minimum absolute atomic E-state index is 0.407. The van der Waals surface area contributed by atoms with Crippen LogP contribution in [0.5, 0.6) is 0 Å². The van der Waals surface area contributed by atoms with Crippen molar-refractivity contribution in [1.29, 1.82) is 0 Å². The number of alkyl carbamates (subject to hydrolysis) is 1. The molecule has 4 N–H and O–H groups in total. The molecule has 0 bridgehead atoms. The summed E-state index contributed by atoms with van der Waals surface area (Å²) >= 11 is 0. The van der Waals surface area contributed by atoms with Crippen LogP contribution in [0.15, 0.2) is 18.2 Å². The second kappa shape index (κ2) is 12.6. The van der Waals surface area contributed by atoms with Gasteiger partial charge in [0.1, 0.15) is 17.7 Å². The number of nitrogens with zero attached hydrogens (tertiary/aromatic N) is 1. The van der Waals surface area contributed by atoms with E-state index < -0.39 is 47.9 Å². The fraction of sp³-hybridized carbons (Fsp3) is 0.520. The van der Waals surface area contributed by atoms with Crippen LogP contribution in [0.4, 0.5) is 4.79 Å². The van der Waals surface area contributed by atoms with Gasteiger partial charge in [-0.1, -0.05) is 49.1 Å². The highest BCUT2D eigenvalue weighted by molar-refractivity contribution is 5.95. The van der Waals surface area contributed by atoms with Gasteiger partial charge in [-0.15, -0.1) is 0 Å². The van der Waals surface area contributed by atoms with Crippen molar-refractivity contribution >= 4 is 23.8 Å². The number of nitrogens with one attached hydrogen (secondary N) is 2. The van der Waals surface area contributed by atoms with Crippen LogP contribution < -0.4 is 16.4 Å². The van der Waals surface area contributed by atoms with Crippen LogP contribution >= 0.6 is 0 Å². The van der Waals surface area contributed by atoms with E-state index in [0.717, 1.165) is 28.9 Å². The Kier molecular flexibility index (Phi) is 10.6. The number of nitrogens with two attached hydrogens (primary N) is 1. The molecule has 0 saturated carbocycles. The Morgan fingerprint density at radius 1 is 1.15 bits per heavy atom. The van der Waals surface area contributed by atoms with Gasteiger partial charge in [-0.2, -0.15) is 0 Å². The highest BCUT2D eigenvalue weighted by Gasteiger charge is 2.36. The van der Waals surface area contributed by atoms with Crippen molar-refractivity contribution in [2.45, 2.75) is 78.5 Å². The van der Waals surface area contributed by atoms with Gasteiger partial charge in [0, 0.05) is 12.6 Å². The van der Waals surface area contributed by atoms with Crippen molar-refractivity contribution in [3.63, 3.8) is 0 Å². The van der Waals surface area contributed by atoms with Gasteiger partial charge in [0.2, 0.25) is 11.8 Å². The van der Waals surface area contributed by atoms with E-state index in [1.165, 1.54) is 0 Å². The molecule has 2 unspecified atom stereocenters. The molecule has 0 aliphatic carbocycles. The summed E-state index contributed by atoms with van der Waals surface area (Å²) in [6, 6.07) is 5.13. The molecular weight excluding hydrogens is 436 g/mol. The molecule has 0 aromatic heterocycles. The van der Waals surface area contributed by atoms with Crippen molar-refractivity contribution < 1.29 is 23.9 Å². The maximum Gasteiger partial charge on any atom is 0.408 e. The third kappa shape index (κ3) is 9.14. The molecule has 9 heteroatoms. The summed E-state index contributed by atoms with van der Waals surface area (Å²) in [4.78, 5) is 51.5. The molecule has 1 aromatic carbocycles. The summed E-state index contributed by atoms with van der Waals surface area (Å²) in [5.74, 6) is -2.14. The minimum Gasteiger partial charge on any atom is -0.444 e. The molecule has 186 valence electrons. The Labute approximate surface area is 201 Å². The first-order valence-corrected chi connectivity index (χ1v) is 11.2. The number of unbranched alkanes of at least 4 members (excludes halogenated alkanes) is 1. The van der Waals surface area contributed by atoms with E-state index in [9.17, 15) is 19.2 Å². The first-order valence-electron chi connectivity index (χ1n) is 11.2. The van der Waals surface area contributed by atoms with Crippen molar-refractivity contribution in [3.05, 3.63) is 34.9 Å². The molecule has 34 heavy (non-hydrogen) atoms. The van der Waals surface area contributed by atoms with E-state index >= 15 is 0 Å². The highest BCUT2D eigenvalue weighted by atomic mass is 16.6. The monoisotopic (exact) mass is 472 g/mol. The zero-order chi connectivity index (χ0) is 26.1. The van der Waals surface area contributed by atoms with Crippen LogP contribution in [-0.2, 0) is 19.1 Å². The van der Waals surface area contributed by atoms with E-state index in [0.29, 0.717) is 12.1 Å². The number of aryl methyl sites for hydroxylation is 2. The van der Waals surface area contributed by atoms with Crippen molar-refractivity contribution in [2.75, 3.05) is 6.54 Å². The van der Waals surface area contributed by atoms with E-state index in [1.54, 1.807) is 32.9 Å². The average Bonchev–Trinajstić information content (AvgIpc) is 2.68. The Hall–Kier alpha value is -3.54. The quantitative estimate of drug-likeness (QED) is 0.273. The third-order valence-corrected chi connectivity index (χ3v) is 4.67. The summed E-state index contributed by atoms with van der Waals surface area (Å²) in [5.41, 5.74) is 6.74. The van der Waals surface area contributed by atoms with Crippen molar-refractivity contribution in [1.82, 2.24) is 15.5 Å². The molecule has 0 saturated heterocycles. The molecule has 1 rings (SSSR count). The molecule has 0 radical (unpaired) electrons. The van der Waals surface area contributed by atoms with Gasteiger partial charge in [0.25, 0.3) is 5.91 Å². The zero-order valence-corrected chi connectivity index (χ0v) is 20.9. The van der Waals surface area contributed by atoms with Gasteiger partial charge in [-0.05, 0) is 46.6 Å². The van der Waals surface area contributed by atoms with E-state index in [4.69, 9.17) is 16.9 Å². The highest BCUT2D eigenvalue weighted by Crippen LogP contribution is 2.25. The predicted octanol–water partition coefficient (Wildman–Crippen LogP) is 2.45. The molecule has 4 amide bonds. The molecule has 1 aromatic rings. The Balaban J connectivity index is 3.40. The normalized spacial score (nSPS) is 12.6. The summed E-state index contributed by atoms with van der Waals surface area (Å²) in [5, 5.41) is 5.17. The summed E-state index contributed by atoms with van der Waals surface area (Å²) in [7, 11) is 0. The lowest BCUT2D eigenvalue weighted by atomic mass is 9.98. The Morgan fingerprint density at radius 3 is 2.21 bits per heavy atom. The van der Waals surface area contributed by atoms with Crippen molar-refractivity contribution in [3.8, 4) is 12.5 Å². The van der Waals surface area contributed by atoms with Gasteiger partial charge < -0.3 is 21.1 Å². The van der Waals surface area contributed by atoms with Gasteiger partial charge in [-0.25, -0.2) is 4.79 Å². The first kappa shape index (κ1) is 28.5. The Morgan fingerprint density at radius 2 is 1.74 bits per heavy atom. The fourth-order valence-electron chi connectivity index (χ4n) is 3.35. The lowest BCUT2D eigenvalue weighted by Crippen LogP contribution is -2.52. The van der Waals surface area contributed by atoms with Gasteiger partial charge in [0.05, 0.1) is 6.42 Å². The average molecular weight is 473 g/mol. The summed E-state index contributed by atoms with van der Waals surface area (Å²) in [6.45, 7) is 11.1. The molecule has 2 atom stereocenters. The van der Waals surface area contributed by atoms with Crippen LogP contribution in [-0.4, -0.2) is 46.9 Å². The van der Waals surface area contributed by atoms with Crippen LogP contribution in [0, 0.1) is 26.3 Å². The molecule has 0 aliphatic rings. The summed E-state index contributed by atoms with van der Waals surface area (Å²) in [6.07, 6.45) is 5.88. The SMILES string of the molecule is C#CN(C(=O)C(CC(N)=O)NC(=O)OC(C)(C)C)C(C(=O)NCCCC)c1cc(C)cc(C)c1. The smallest absolute Gasteiger partial charge is 0.408 e. The number of amides is 4. The molecule has 0 fully saturated rings. The maximum absolute atomic E-state index is 13.5. The number of hydrogen-bond acceptors (Lipinski definition) is 5. The van der Waals surface area contributed by atoms with E-state index in [-0.39, 0.29) is 0 Å². The largest absolute Gasteiger partial charge is 0.444 e. The minimum atomic E-state index is -1.42. The molecular formula is C25H36N4O5. The lowest BCUT2D eigenvalue weighted by Gasteiger charge is -2.30. The third-order valence-electron chi connectivity index (χ3n) is 4.67. The fourth-order valence-corrected chi connectivity index (χ4v) is 3.35. The van der Waals surface area contributed by atoms with Gasteiger partial charge >= 0.3 is 6.09 Å². The Bertz CT molecular complexity index is 925. The number of ether oxygens (including phenoxy) is 1. The van der Waals surface area contributed by atoms with Crippen LogP contribution in [0.3, 0.4) is 0 Å². The van der Waals surface area contributed by atoms with E-state index in [1.807, 2.05) is 26.8 Å². The lowest BCUT2D eigenvalue weighted by molar-refractivity contribution is -0.139. The van der Waals surface area contributed by atoms with E-state index in [2.05, 4.69) is 16.7 Å².